The van der Waals surface area contributed by atoms with Crippen LogP contribution in [0.5, 0.6) is 5.75 Å². The molecule has 1 aliphatic heterocycles. The smallest absolute Gasteiger partial charge is 0.432 e. The van der Waals surface area contributed by atoms with E-state index in [9.17, 15) is 27.9 Å². The van der Waals surface area contributed by atoms with E-state index in [-0.39, 0.29) is 40.3 Å². The molecule has 3 aromatic carbocycles. The molecule has 12 heteroatoms. The summed E-state index contributed by atoms with van der Waals surface area (Å²) in [5, 5.41) is 12.3. The van der Waals surface area contributed by atoms with Crippen LogP contribution in [-0.4, -0.2) is 46.5 Å². The number of H-pyrrole nitrogens is 2. The van der Waals surface area contributed by atoms with Gasteiger partial charge in [0, 0.05) is 51.6 Å². The summed E-state index contributed by atoms with van der Waals surface area (Å²) in [7, 11) is 0.967. The van der Waals surface area contributed by atoms with E-state index in [2.05, 4.69) is 14.7 Å². The van der Waals surface area contributed by atoms with Gasteiger partial charge in [0.25, 0.3) is 5.91 Å². The minimum Gasteiger partial charge on any atom is -0.506 e. The van der Waals surface area contributed by atoms with Crippen molar-refractivity contribution < 1.29 is 37.0 Å². The molecule has 0 saturated heterocycles. The number of furan rings is 1. The summed E-state index contributed by atoms with van der Waals surface area (Å²) in [6.07, 6.45) is -4.95. The van der Waals surface area contributed by atoms with Crippen molar-refractivity contribution in [2.75, 3.05) is 24.4 Å². The standard InChI is InChI=1S/C31H21ClF3N3O5/c1-42-30(41)26-25-24-17(12-32)13-38(20(24)11-21(39)27(25)37-28(26)31(33,34)35)29(40)19-9-16-8-15(6-7-18(16)36-19)23-10-14-4-2-3-5-22(14)43-23/h2-11,17,36-37,39H,12-13H2,1H3/t17-/m1/s1. The number of alkyl halides is 4. The summed E-state index contributed by atoms with van der Waals surface area (Å²) in [4.78, 5) is 33.1. The fourth-order valence-corrected chi connectivity index (χ4v) is 6.18. The Hall–Kier alpha value is -4.90. The molecule has 8 nitrogen and oxygen atoms in total. The number of hydrogen-bond acceptors (Lipinski definition) is 5. The van der Waals surface area contributed by atoms with Crippen LogP contribution in [0.1, 0.15) is 38.0 Å². The number of methoxy groups -OCH3 is 1. The zero-order valence-corrected chi connectivity index (χ0v) is 23.1. The molecule has 0 saturated carbocycles. The molecule has 0 radical (unpaired) electrons. The zero-order valence-electron chi connectivity index (χ0n) is 22.3. The molecule has 7 rings (SSSR count). The van der Waals surface area contributed by atoms with Gasteiger partial charge in [-0.1, -0.05) is 18.2 Å². The molecular formula is C31H21ClF3N3O5. The van der Waals surface area contributed by atoms with Crippen molar-refractivity contribution in [2.24, 2.45) is 0 Å². The Balaban J connectivity index is 1.32. The number of carbonyl (C=O) groups excluding carboxylic acids is 2. The number of aromatic hydroxyl groups is 1. The first kappa shape index (κ1) is 27.0. The summed E-state index contributed by atoms with van der Waals surface area (Å²) >= 11 is 6.26. The fraction of sp³-hybridized carbons (Fsp3) is 0.161. The second-order valence-corrected chi connectivity index (χ2v) is 10.7. The largest absolute Gasteiger partial charge is 0.506 e. The zero-order chi connectivity index (χ0) is 30.2. The van der Waals surface area contributed by atoms with E-state index in [1.54, 1.807) is 6.07 Å². The minimum atomic E-state index is -4.95. The Kier molecular flexibility index (Phi) is 6.00. The van der Waals surface area contributed by atoms with Gasteiger partial charge in [0.15, 0.2) is 0 Å². The number of anilines is 1. The number of phenols is 1. The van der Waals surface area contributed by atoms with Gasteiger partial charge < -0.3 is 29.1 Å². The number of benzene rings is 3. The monoisotopic (exact) mass is 607 g/mol. The number of amides is 1. The quantitative estimate of drug-likeness (QED) is 0.141. The number of fused-ring (bicyclic) bond motifs is 5. The molecular weight excluding hydrogens is 587 g/mol. The molecule has 4 heterocycles. The van der Waals surface area contributed by atoms with Crippen molar-refractivity contribution in [3.63, 3.8) is 0 Å². The van der Waals surface area contributed by atoms with Gasteiger partial charge in [0.1, 0.15) is 28.5 Å². The second kappa shape index (κ2) is 9.56. The highest BCUT2D eigenvalue weighted by Gasteiger charge is 2.43. The molecule has 6 aromatic rings. The highest BCUT2D eigenvalue weighted by Crippen LogP contribution is 2.49. The van der Waals surface area contributed by atoms with Gasteiger partial charge in [-0.3, -0.25) is 4.79 Å². The normalized spacial score (nSPS) is 15.1. The molecule has 0 unspecified atom stereocenters. The second-order valence-electron chi connectivity index (χ2n) is 10.3. The minimum absolute atomic E-state index is 0.0168. The SMILES string of the molecule is COC(=O)c1c(C(F)(F)F)[nH]c2c(O)cc3c(c12)[C@H](CCl)CN3C(=O)c1cc2cc(-c3cc4ccccc4o3)ccc2[nH]1. The molecule has 0 bridgehead atoms. The van der Waals surface area contributed by atoms with Crippen molar-refractivity contribution in [3.8, 4) is 17.1 Å². The molecule has 0 aliphatic carbocycles. The first-order valence-electron chi connectivity index (χ1n) is 13.2. The molecule has 43 heavy (non-hydrogen) atoms. The third kappa shape index (κ3) is 4.14. The lowest BCUT2D eigenvalue weighted by Gasteiger charge is -2.17. The summed E-state index contributed by atoms with van der Waals surface area (Å²) < 4.78 is 52.5. The summed E-state index contributed by atoms with van der Waals surface area (Å²) in [5.74, 6) is -2.30. The van der Waals surface area contributed by atoms with Crippen molar-refractivity contribution >= 4 is 61.9 Å². The average Bonchev–Trinajstić information content (AvgIpc) is 3.77. The first-order chi connectivity index (χ1) is 20.6. The highest BCUT2D eigenvalue weighted by atomic mass is 35.5. The topological polar surface area (TPSA) is 112 Å². The Labute approximate surface area is 245 Å². The maximum absolute atomic E-state index is 13.9. The van der Waals surface area contributed by atoms with Gasteiger partial charge in [-0.05, 0) is 42.0 Å². The summed E-state index contributed by atoms with van der Waals surface area (Å²) in [5.41, 5.74) is 0.440. The van der Waals surface area contributed by atoms with Gasteiger partial charge >= 0.3 is 12.1 Å². The number of para-hydroxylation sites is 1. The molecule has 1 atom stereocenters. The van der Waals surface area contributed by atoms with Gasteiger partial charge in [-0.25, -0.2) is 4.79 Å². The predicted molar refractivity (Wildman–Crippen MR) is 155 cm³/mol. The molecule has 3 aromatic heterocycles. The lowest BCUT2D eigenvalue weighted by atomic mass is 9.95. The van der Waals surface area contributed by atoms with Crippen LogP contribution in [0.4, 0.5) is 18.9 Å². The Bertz CT molecular complexity index is 2080. The van der Waals surface area contributed by atoms with Crippen LogP contribution in [0, 0.1) is 0 Å². The number of aromatic nitrogens is 2. The number of aromatic amines is 2. The van der Waals surface area contributed by atoms with Gasteiger partial charge in [-0.2, -0.15) is 13.2 Å². The lowest BCUT2D eigenvalue weighted by molar-refractivity contribution is -0.141. The van der Waals surface area contributed by atoms with Crippen molar-refractivity contribution in [1.29, 1.82) is 0 Å². The van der Waals surface area contributed by atoms with Crippen LogP contribution in [-0.2, 0) is 10.9 Å². The Morgan fingerprint density at radius 1 is 1.09 bits per heavy atom. The van der Waals surface area contributed by atoms with E-state index in [0.29, 0.717) is 11.3 Å². The van der Waals surface area contributed by atoms with E-state index >= 15 is 0 Å². The van der Waals surface area contributed by atoms with E-state index in [0.717, 1.165) is 29.0 Å². The van der Waals surface area contributed by atoms with Crippen LogP contribution < -0.4 is 4.90 Å². The number of nitrogens with zero attached hydrogens (tertiary/aromatic N) is 1. The van der Waals surface area contributed by atoms with Gasteiger partial charge in [-0.15, -0.1) is 11.6 Å². The molecule has 0 fully saturated rings. The van der Waals surface area contributed by atoms with Crippen LogP contribution >= 0.6 is 11.6 Å². The van der Waals surface area contributed by atoms with Crippen molar-refractivity contribution in [3.05, 3.63) is 83.2 Å². The van der Waals surface area contributed by atoms with E-state index in [1.807, 2.05) is 48.5 Å². The highest BCUT2D eigenvalue weighted by molar-refractivity contribution is 6.20. The summed E-state index contributed by atoms with van der Waals surface area (Å²) in [6.45, 7) is 0.0168. The predicted octanol–water partition coefficient (Wildman–Crippen LogP) is 7.56. The molecule has 0 spiro atoms. The number of carbonyl (C=O) groups is 2. The number of rotatable bonds is 4. The fourth-order valence-electron chi connectivity index (χ4n) is 5.92. The van der Waals surface area contributed by atoms with Gasteiger partial charge in [0.2, 0.25) is 0 Å². The number of nitrogens with one attached hydrogen (secondary N) is 2. The Morgan fingerprint density at radius 3 is 2.60 bits per heavy atom. The van der Waals surface area contributed by atoms with Crippen molar-refractivity contribution in [1.82, 2.24) is 9.97 Å². The lowest BCUT2D eigenvalue weighted by Crippen LogP contribution is -2.30. The van der Waals surface area contributed by atoms with E-state index < -0.39 is 41.0 Å². The van der Waals surface area contributed by atoms with Crippen LogP contribution in [0.2, 0.25) is 0 Å². The average molecular weight is 608 g/mol. The number of ether oxygens (including phenoxy) is 1. The number of phenolic OH excluding ortho intramolecular Hbond substituents is 1. The van der Waals surface area contributed by atoms with E-state index in [1.165, 1.54) is 11.0 Å². The van der Waals surface area contributed by atoms with Crippen molar-refractivity contribution in [2.45, 2.75) is 12.1 Å². The molecule has 3 N–H and O–H groups in total. The number of esters is 1. The summed E-state index contributed by atoms with van der Waals surface area (Å²) in [6, 6.07) is 18.0. The van der Waals surface area contributed by atoms with Crippen LogP contribution in [0.3, 0.4) is 0 Å². The number of halogens is 4. The number of hydrogen-bond donors (Lipinski definition) is 3. The van der Waals surface area contributed by atoms with Gasteiger partial charge in [0.05, 0.1) is 23.9 Å². The van der Waals surface area contributed by atoms with E-state index in [4.69, 9.17) is 16.0 Å². The molecule has 1 amide bonds. The third-order valence-electron chi connectivity index (χ3n) is 7.84. The first-order valence-corrected chi connectivity index (χ1v) is 13.7. The maximum atomic E-state index is 13.9. The molecule has 1 aliphatic rings. The van der Waals surface area contributed by atoms with Crippen LogP contribution in [0.25, 0.3) is 44.1 Å². The molecule has 218 valence electrons. The van der Waals surface area contributed by atoms with Crippen LogP contribution in [0.15, 0.2) is 65.1 Å². The third-order valence-corrected chi connectivity index (χ3v) is 8.21. The Morgan fingerprint density at radius 2 is 1.88 bits per heavy atom. The maximum Gasteiger partial charge on any atom is 0.432 e.